The van der Waals surface area contributed by atoms with Gasteiger partial charge in [0.2, 0.25) is 0 Å². The van der Waals surface area contributed by atoms with Gasteiger partial charge in [-0.05, 0) is 38.1 Å². The Bertz CT molecular complexity index is 367. The highest BCUT2D eigenvalue weighted by Crippen LogP contribution is 2.14. The summed E-state index contributed by atoms with van der Waals surface area (Å²) in [5.74, 6) is 0.434. The van der Waals surface area contributed by atoms with Gasteiger partial charge in [-0.25, -0.2) is 4.39 Å². The molecule has 1 fully saturated rings. The second-order valence-electron chi connectivity index (χ2n) is 4.85. The summed E-state index contributed by atoms with van der Waals surface area (Å²) in [6.45, 7) is 7.49. The molecule has 2 rings (SSSR count). The molecule has 1 aliphatic rings. The summed E-state index contributed by atoms with van der Waals surface area (Å²) in [7, 11) is 0. The molecule has 1 aliphatic heterocycles. The summed E-state index contributed by atoms with van der Waals surface area (Å²) >= 11 is 0. The molecular formula is C14H20FNO2. The molecule has 0 amide bonds. The van der Waals surface area contributed by atoms with Gasteiger partial charge in [0, 0.05) is 19.1 Å². The molecule has 0 aliphatic carbocycles. The molecule has 1 aromatic carbocycles. The fraction of sp³-hybridized carbons (Fsp3) is 0.571. The first-order chi connectivity index (χ1) is 8.65. The molecule has 0 radical (unpaired) electrons. The number of rotatable bonds is 4. The van der Waals surface area contributed by atoms with Gasteiger partial charge in [-0.2, -0.15) is 0 Å². The van der Waals surface area contributed by atoms with Gasteiger partial charge in [-0.15, -0.1) is 0 Å². The first-order valence-corrected chi connectivity index (χ1v) is 6.39. The average molecular weight is 253 g/mol. The molecule has 100 valence electrons. The maximum absolute atomic E-state index is 12.7. The summed E-state index contributed by atoms with van der Waals surface area (Å²) in [6, 6.07) is 6.60. The summed E-state index contributed by atoms with van der Waals surface area (Å²) in [6.07, 6.45) is 0.0891. The molecule has 0 saturated carbocycles. The van der Waals surface area contributed by atoms with Crippen LogP contribution in [0.1, 0.15) is 13.8 Å². The minimum atomic E-state index is -0.248. The first-order valence-electron chi connectivity index (χ1n) is 6.39. The molecule has 0 spiro atoms. The highest BCUT2D eigenvalue weighted by molar-refractivity contribution is 5.22. The molecule has 1 heterocycles. The molecule has 18 heavy (non-hydrogen) atoms. The Labute approximate surface area is 107 Å². The lowest BCUT2D eigenvalue weighted by Crippen LogP contribution is -2.47. The Morgan fingerprint density at radius 2 is 2.11 bits per heavy atom. The van der Waals surface area contributed by atoms with E-state index in [0.717, 1.165) is 19.7 Å². The van der Waals surface area contributed by atoms with Crippen molar-refractivity contribution in [3.63, 3.8) is 0 Å². The maximum Gasteiger partial charge on any atom is 0.123 e. The van der Waals surface area contributed by atoms with Gasteiger partial charge in [0.25, 0.3) is 0 Å². The van der Waals surface area contributed by atoms with Gasteiger partial charge in [-0.1, -0.05) is 0 Å². The van der Waals surface area contributed by atoms with Gasteiger partial charge in [0.1, 0.15) is 24.3 Å². The standard InChI is InChI=1S/C14H20FNO2/c1-11(2)16-7-8-17-14(9-16)10-18-13-5-3-12(15)4-6-13/h3-6,11,14H,7-10H2,1-2H3. The molecule has 0 N–H and O–H groups in total. The van der Waals surface area contributed by atoms with Gasteiger partial charge < -0.3 is 9.47 Å². The summed E-state index contributed by atoms with van der Waals surface area (Å²) < 4.78 is 24.0. The summed E-state index contributed by atoms with van der Waals surface area (Å²) in [5.41, 5.74) is 0. The van der Waals surface area contributed by atoms with Crippen LogP contribution in [0.25, 0.3) is 0 Å². The van der Waals surface area contributed by atoms with Crippen LogP contribution in [-0.4, -0.2) is 43.3 Å². The third kappa shape index (κ3) is 3.68. The molecule has 3 nitrogen and oxygen atoms in total. The van der Waals surface area contributed by atoms with E-state index in [2.05, 4.69) is 18.7 Å². The third-order valence-corrected chi connectivity index (χ3v) is 3.15. The smallest absolute Gasteiger partial charge is 0.123 e. The van der Waals surface area contributed by atoms with E-state index in [9.17, 15) is 4.39 Å². The van der Waals surface area contributed by atoms with E-state index in [0.29, 0.717) is 18.4 Å². The maximum atomic E-state index is 12.7. The number of ether oxygens (including phenoxy) is 2. The van der Waals surface area contributed by atoms with Crippen LogP contribution in [0.4, 0.5) is 4.39 Å². The van der Waals surface area contributed by atoms with E-state index in [4.69, 9.17) is 9.47 Å². The SMILES string of the molecule is CC(C)N1CCOC(COc2ccc(F)cc2)C1. The largest absolute Gasteiger partial charge is 0.491 e. The molecule has 1 saturated heterocycles. The zero-order valence-electron chi connectivity index (χ0n) is 10.9. The van der Waals surface area contributed by atoms with E-state index in [-0.39, 0.29) is 11.9 Å². The minimum absolute atomic E-state index is 0.0891. The molecule has 1 atom stereocenters. The van der Waals surface area contributed by atoms with Crippen molar-refractivity contribution in [1.29, 1.82) is 0 Å². The van der Waals surface area contributed by atoms with Gasteiger partial charge in [0.15, 0.2) is 0 Å². The zero-order chi connectivity index (χ0) is 13.0. The predicted molar refractivity (Wildman–Crippen MR) is 68.3 cm³/mol. The van der Waals surface area contributed by atoms with Crippen LogP contribution in [0.3, 0.4) is 0 Å². The number of hydrogen-bond acceptors (Lipinski definition) is 3. The molecule has 4 heteroatoms. The van der Waals surface area contributed by atoms with Crippen molar-refractivity contribution in [3.8, 4) is 5.75 Å². The fourth-order valence-corrected chi connectivity index (χ4v) is 2.03. The number of benzene rings is 1. The Hall–Kier alpha value is -1.13. The summed E-state index contributed by atoms with van der Waals surface area (Å²) in [5, 5.41) is 0. The van der Waals surface area contributed by atoms with E-state index in [1.165, 1.54) is 12.1 Å². The average Bonchev–Trinajstić information content (AvgIpc) is 2.38. The Morgan fingerprint density at radius 1 is 1.39 bits per heavy atom. The first kappa shape index (κ1) is 13.3. The van der Waals surface area contributed by atoms with E-state index >= 15 is 0 Å². The normalized spacial score (nSPS) is 21.2. The lowest BCUT2D eigenvalue weighted by molar-refractivity contribution is -0.0564. The monoisotopic (exact) mass is 253 g/mol. The number of halogens is 1. The van der Waals surface area contributed by atoms with Crippen molar-refractivity contribution >= 4 is 0 Å². The second-order valence-corrected chi connectivity index (χ2v) is 4.85. The minimum Gasteiger partial charge on any atom is -0.491 e. The number of nitrogens with zero attached hydrogens (tertiary/aromatic N) is 1. The molecular weight excluding hydrogens is 233 g/mol. The highest BCUT2D eigenvalue weighted by Gasteiger charge is 2.22. The van der Waals surface area contributed by atoms with E-state index < -0.39 is 0 Å². The topological polar surface area (TPSA) is 21.7 Å². The zero-order valence-corrected chi connectivity index (χ0v) is 10.9. The van der Waals surface area contributed by atoms with Crippen LogP contribution in [0.5, 0.6) is 5.75 Å². The van der Waals surface area contributed by atoms with Crippen molar-refractivity contribution in [2.45, 2.75) is 26.0 Å². The number of hydrogen-bond donors (Lipinski definition) is 0. The van der Waals surface area contributed by atoms with Crippen LogP contribution >= 0.6 is 0 Å². The molecule has 1 aromatic rings. The third-order valence-electron chi connectivity index (χ3n) is 3.15. The van der Waals surface area contributed by atoms with E-state index in [1.807, 2.05) is 0 Å². The van der Waals surface area contributed by atoms with Crippen molar-refractivity contribution in [3.05, 3.63) is 30.1 Å². The predicted octanol–water partition coefficient (Wildman–Crippen LogP) is 2.31. The van der Waals surface area contributed by atoms with Crippen LogP contribution in [-0.2, 0) is 4.74 Å². The highest BCUT2D eigenvalue weighted by atomic mass is 19.1. The molecule has 0 aromatic heterocycles. The van der Waals surface area contributed by atoms with Crippen LogP contribution in [0.15, 0.2) is 24.3 Å². The fourth-order valence-electron chi connectivity index (χ4n) is 2.03. The van der Waals surface area contributed by atoms with Crippen molar-refractivity contribution < 1.29 is 13.9 Å². The van der Waals surface area contributed by atoms with Gasteiger partial charge in [0.05, 0.1) is 6.61 Å². The lowest BCUT2D eigenvalue weighted by Gasteiger charge is -2.35. The van der Waals surface area contributed by atoms with Gasteiger partial charge >= 0.3 is 0 Å². The van der Waals surface area contributed by atoms with Crippen LogP contribution in [0.2, 0.25) is 0 Å². The van der Waals surface area contributed by atoms with Crippen LogP contribution < -0.4 is 4.74 Å². The van der Waals surface area contributed by atoms with E-state index in [1.54, 1.807) is 12.1 Å². The Kier molecular flexibility index (Phi) is 4.55. The van der Waals surface area contributed by atoms with Crippen molar-refractivity contribution in [2.75, 3.05) is 26.3 Å². The Balaban J connectivity index is 1.81. The summed E-state index contributed by atoms with van der Waals surface area (Å²) in [4.78, 5) is 2.38. The molecule has 0 bridgehead atoms. The second kappa shape index (κ2) is 6.16. The Morgan fingerprint density at radius 3 is 2.78 bits per heavy atom. The molecule has 1 unspecified atom stereocenters. The van der Waals surface area contributed by atoms with Gasteiger partial charge in [-0.3, -0.25) is 4.90 Å². The number of morpholine rings is 1. The quantitative estimate of drug-likeness (QED) is 0.822. The lowest BCUT2D eigenvalue weighted by atomic mass is 10.2. The van der Waals surface area contributed by atoms with Crippen molar-refractivity contribution in [2.24, 2.45) is 0 Å². The van der Waals surface area contributed by atoms with Crippen molar-refractivity contribution in [1.82, 2.24) is 4.90 Å². The van der Waals surface area contributed by atoms with Crippen LogP contribution in [0, 0.1) is 5.82 Å².